The first kappa shape index (κ1) is 17.1. The molecule has 3 atom stereocenters. The van der Waals surface area contributed by atoms with Crippen molar-refractivity contribution in [3.8, 4) is 0 Å². The quantitative estimate of drug-likeness (QED) is 0.555. The summed E-state index contributed by atoms with van der Waals surface area (Å²) in [5.41, 5.74) is 3.89. The Morgan fingerprint density at radius 2 is 1.83 bits per heavy atom. The van der Waals surface area contributed by atoms with Gasteiger partial charge in [-0.2, -0.15) is 0 Å². The number of halogens is 1. The van der Waals surface area contributed by atoms with E-state index in [0.717, 1.165) is 26.1 Å². The SMILES string of the molecule is CC12CCC3(OCCO3)C(C)(C)C1CCC1(C=CCl)CCCC=C12. The maximum atomic E-state index is 6.22. The molecule has 0 bridgehead atoms. The van der Waals surface area contributed by atoms with Gasteiger partial charge in [-0.15, -0.1) is 0 Å². The molecule has 3 aliphatic carbocycles. The normalized spacial score (nSPS) is 43.5. The Labute approximate surface area is 151 Å². The molecule has 1 heterocycles. The molecule has 1 spiro atoms. The van der Waals surface area contributed by atoms with Gasteiger partial charge in [-0.25, -0.2) is 0 Å². The Hall–Kier alpha value is -0.310. The third-order valence-corrected chi connectivity index (χ3v) is 8.06. The average molecular weight is 351 g/mol. The Morgan fingerprint density at radius 3 is 2.54 bits per heavy atom. The van der Waals surface area contributed by atoms with Gasteiger partial charge in [0.15, 0.2) is 5.79 Å². The van der Waals surface area contributed by atoms with Crippen molar-refractivity contribution in [1.82, 2.24) is 0 Å². The van der Waals surface area contributed by atoms with E-state index in [-0.39, 0.29) is 22.0 Å². The van der Waals surface area contributed by atoms with Crippen molar-refractivity contribution < 1.29 is 9.47 Å². The van der Waals surface area contributed by atoms with Crippen LogP contribution in [0.1, 0.15) is 65.7 Å². The molecule has 0 aromatic heterocycles. The van der Waals surface area contributed by atoms with Gasteiger partial charge < -0.3 is 9.47 Å². The van der Waals surface area contributed by atoms with Crippen molar-refractivity contribution in [2.75, 3.05) is 13.2 Å². The molecule has 4 aliphatic rings. The first-order valence-corrected chi connectivity index (χ1v) is 10.1. The maximum absolute atomic E-state index is 6.22. The van der Waals surface area contributed by atoms with Gasteiger partial charge in [0, 0.05) is 22.8 Å². The lowest BCUT2D eigenvalue weighted by molar-refractivity contribution is -0.284. The summed E-state index contributed by atoms with van der Waals surface area (Å²) in [6, 6.07) is 0. The van der Waals surface area contributed by atoms with Crippen LogP contribution in [0, 0.1) is 22.2 Å². The highest BCUT2D eigenvalue weighted by Gasteiger charge is 2.65. The van der Waals surface area contributed by atoms with E-state index in [4.69, 9.17) is 21.1 Å². The lowest BCUT2D eigenvalue weighted by Gasteiger charge is -2.64. The monoisotopic (exact) mass is 350 g/mol. The van der Waals surface area contributed by atoms with Gasteiger partial charge in [0.05, 0.1) is 13.2 Å². The number of rotatable bonds is 1. The first-order chi connectivity index (χ1) is 11.4. The van der Waals surface area contributed by atoms with E-state index in [1.807, 2.05) is 0 Å². The summed E-state index contributed by atoms with van der Waals surface area (Å²) in [6.07, 6.45) is 13.2. The molecule has 3 heteroatoms. The lowest BCUT2D eigenvalue weighted by atomic mass is 9.43. The zero-order chi connectivity index (χ0) is 17.1. The molecule has 1 aliphatic heterocycles. The van der Waals surface area contributed by atoms with Gasteiger partial charge in [-0.05, 0) is 49.9 Å². The Balaban J connectivity index is 1.77. The second-order valence-corrected chi connectivity index (χ2v) is 9.39. The highest BCUT2D eigenvalue weighted by atomic mass is 35.5. The van der Waals surface area contributed by atoms with E-state index >= 15 is 0 Å². The van der Waals surface area contributed by atoms with Crippen molar-refractivity contribution in [3.63, 3.8) is 0 Å². The summed E-state index contributed by atoms with van der Waals surface area (Å²) in [5, 5.41) is 0. The molecular weight excluding hydrogens is 320 g/mol. The maximum Gasteiger partial charge on any atom is 0.173 e. The summed E-state index contributed by atoms with van der Waals surface area (Å²) >= 11 is 6.08. The van der Waals surface area contributed by atoms with Crippen LogP contribution in [0.3, 0.4) is 0 Å². The highest BCUT2D eigenvalue weighted by molar-refractivity contribution is 6.25. The van der Waals surface area contributed by atoms with Crippen LogP contribution in [0.5, 0.6) is 0 Å². The zero-order valence-electron chi connectivity index (χ0n) is 15.4. The Morgan fingerprint density at radius 1 is 1.08 bits per heavy atom. The minimum absolute atomic E-state index is 0.0334. The van der Waals surface area contributed by atoms with Crippen LogP contribution >= 0.6 is 11.6 Å². The van der Waals surface area contributed by atoms with Crippen LogP contribution in [-0.4, -0.2) is 19.0 Å². The van der Waals surface area contributed by atoms with Gasteiger partial charge in [0.1, 0.15) is 0 Å². The van der Waals surface area contributed by atoms with Gasteiger partial charge in [0.2, 0.25) is 0 Å². The first-order valence-electron chi connectivity index (χ1n) is 9.67. The molecule has 0 aromatic rings. The van der Waals surface area contributed by atoms with E-state index in [2.05, 4.69) is 32.9 Å². The second kappa shape index (κ2) is 5.59. The molecule has 1 saturated heterocycles. The van der Waals surface area contributed by atoms with E-state index in [1.54, 1.807) is 11.1 Å². The number of fused-ring (bicyclic) bond motifs is 3. The van der Waals surface area contributed by atoms with Crippen molar-refractivity contribution in [1.29, 1.82) is 0 Å². The minimum Gasteiger partial charge on any atom is -0.347 e. The van der Waals surface area contributed by atoms with Gasteiger partial charge in [-0.1, -0.05) is 50.1 Å². The summed E-state index contributed by atoms with van der Waals surface area (Å²) < 4.78 is 12.4. The fourth-order valence-electron chi connectivity index (χ4n) is 6.80. The standard InChI is InChI=1S/C21H31ClO2/c1-18(2)16-7-9-20(12-13-22)8-5-4-6-17(20)19(16,3)10-11-21(18)23-14-15-24-21/h6,12-13,16H,4-5,7-11,14-15H2,1-3H3. The zero-order valence-corrected chi connectivity index (χ0v) is 16.1. The third kappa shape index (κ3) is 2.09. The number of ether oxygens (including phenoxy) is 2. The summed E-state index contributed by atoms with van der Waals surface area (Å²) in [7, 11) is 0. The van der Waals surface area contributed by atoms with E-state index in [0.29, 0.717) is 5.92 Å². The van der Waals surface area contributed by atoms with Gasteiger partial charge in [-0.3, -0.25) is 0 Å². The summed E-state index contributed by atoms with van der Waals surface area (Å²) in [4.78, 5) is 0. The molecule has 0 aromatic carbocycles. The highest BCUT2D eigenvalue weighted by Crippen LogP contribution is 2.69. The van der Waals surface area contributed by atoms with Crippen LogP contribution in [-0.2, 0) is 9.47 Å². The summed E-state index contributed by atoms with van der Waals surface area (Å²) in [5.74, 6) is 0.229. The topological polar surface area (TPSA) is 18.5 Å². The lowest BCUT2D eigenvalue weighted by Crippen LogP contribution is -2.61. The molecule has 4 rings (SSSR count). The van der Waals surface area contributed by atoms with Crippen LogP contribution in [0.4, 0.5) is 0 Å². The Bertz CT molecular complexity index is 572. The van der Waals surface area contributed by atoms with Crippen molar-refractivity contribution in [3.05, 3.63) is 23.3 Å². The summed E-state index contributed by atoms with van der Waals surface area (Å²) in [6.45, 7) is 8.76. The molecular formula is C21H31ClO2. The number of hydrogen-bond acceptors (Lipinski definition) is 2. The molecule has 3 unspecified atom stereocenters. The second-order valence-electron chi connectivity index (χ2n) is 9.14. The fourth-order valence-corrected chi connectivity index (χ4v) is 7.04. The molecule has 0 radical (unpaired) electrons. The van der Waals surface area contributed by atoms with E-state index < -0.39 is 0 Å². The average Bonchev–Trinajstić information content (AvgIpc) is 3.03. The molecule has 2 saturated carbocycles. The Kier molecular flexibility index (Phi) is 3.99. The van der Waals surface area contributed by atoms with Crippen molar-refractivity contribution in [2.45, 2.75) is 71.5 Å². The van der Waals surface area contributed by atoms with Crippen LogP contribution in [0.15, 0.2) is 23.3 Å². The van der Waals surface area contributed by atoms with Crippen molar-refractivity contribution in [2.24, 2.45) is 22.2 Å². The molecule has 0 amide bonds. The predicted molar refractivity (Wildman–Crippen MR) is 97.8 cm³/mol. The molecule has 0 N–H and O–H groups in total. The largest absolute Gasteiger partial charge is 0.347 e. The van der Waals surface area contributed by atoms with Crippen LogP contribution in [0.25, 0.3) is 0 Å². The van der Waals surface area contributed by atoms with Crippen molar-refractivity contribution >= 4 is 11.6 Å². The minimum atomic E-state index is -0.366. The third-order valence-electron chi connectivity index (χ3n) is 7.94. The van der Waals surface area contributed by atoms with E-state index in [9.17, 15) is 0 Å². The molecule has 134 valence electrons. The fraction of sp³-hybridized carbons (Fsp3) is 0.810. The van der Waals surface area contributed by atoms with Crippen LogP contribution in [0.2, 0.25) is 0 Å². The molecule has 2 nitrogen and oxygen atoms in total. The molecule has 24 heavy (non-hydrogen) atoms. The number of hydrogen-bond donors (Lipinski definition) is 0. The van der Waals surface area contributed by atoms with E-state index in [1.165, 1.54) is 32.1 Å². The smallest absolute Gasteiger partial charge is 0.173 e. The van der Waals surface area contributed by atoms with Crippen LogP contribution < -0.4 is 0 Å². The number of allylic oxidation sites excluding steroid dienone is 3. The van der Waals surface area contributed by atoms with Gasteiger partial charge >= 0.3 is 0 Å². The van der Waals surface area contributed by atoms with Gasteiger partial charge in [0.25, 0.3) is 0 Å². The predicted octanol–water partition coefficient (Wildman–Crippen LogP) is 5.82. The molecule has 3 fully saturated rings.